The number of halogens is 1. The van der Waals surface area contributed by atoms with Crippen LogP contribution >= 0.6 is 0 Å². The number of anilines is 1. The summed E-state index contributed by atoms with van der Waals surface area (Å²) in [6.07, 6.45) is 0.373. The number of H-pyrrole nitrogens is 1. The number of carbonyl (C=O) groups is 2. The van der Waals surface area contributed by atoms with Crippen LogP contribution in [0.2, 0.25) is 0 Å². The van der Waals surface area contributed by atoms with Gasteiger partial charge in [-0.15, -0.1) is 0 Å². The van der Waals surface area contributed by atoms with Crippen molar-refractivity contribution in [3.05, 3.63) is 59.0 Å². The summed E-state index contributed by atoms with van der Waals surface area (Å²) >= 11 is 0. The van der Waals surface area contributed by atoms with Crippen LogP contribution in [0.15, 0.2) is 36.4 Å². The number of benzene rings is 2. The number of amides is 1. The average molecular weight is 379 g/mol. The maximum absolute atomic E-state index is 13.7. The molecule has 7 heteroatoms. The first-order chi connectivity index (χ1) is 13.4. The number of fused-ring (bicyclic) bond motifs is 6. The Labute approximate surface area is 160 Å². The molecule has 6 nitrogen and oxygen atoms in total. The molecular weight excluding hydrogens is 361 g/mol. The van der Waals surface area contributed by atoms with Crippen molar-refractivity contribution in [3.63, 3.8) is 0 Å². The molecule has 28 heavy (non-hydrogen) atoms. The molecule has 1 atom stereocenters. The number of aromatic nitrogens is 1. The summed E-state index contributed by atoms with van der Waals surface area (Å²) in [4.78, 5) is 31.5. The van der Waals surface area contributed by atoms with Gasteiger partial charge < -0.3 is 19.5 Å². The van der Waals surface area contributed by atoms with Crippen LogP contribution < -0.4 is 9.64 Å². The Morgan fingerprint density at radius 2 is 2.07 bits per heavy atom. The number of hydrogen-bond donors (Lipinski definition) is 1. The van der Waals surface area contributed by atoms with Crippen LogP contribution in [0.3, 0.4) is 0 Å². The predicted octanol–water partition coefficient (Wildman–Crippen LogP) is 3.38. The molecule has 2 aliphatic rings. The second kappa shape index (κ2) is 5.82. The lowest BCUT2D eigenvalue weighted by molar-refractivity contribution is -0.131. The van der Waals surface area contributed by atoms with Crippen molar-refractivity contribution < 1.29 is 18.7 Å². The van der Waals surface area contributed by atoms with Crippen molar-refractivity contribution in [3.8, 4) is 5.75 Å². The molecular formula is C21H18FN3O3. The molecule has 0 spiro atoms. The van der Waals surface area contributed by atoms with E-state index in [-0.39, 0.29) is 18.0 Å². The van der Waals surface area contributed by atoms with Crippen molar-refractivity contribution in [2.24, 2.45) is 0 Å². The van der Waals surface area contributed by atoms with Gasteiger partial charge in [0, 0.05) is 31.4 Å². The fourth-order valence-electron chi connectivity index (χ4n) is 4.37. The molecule has 1 N–H and O–H groups in total. The highest BCUT2D eigenvalue weighted by Crippen LogP contribution is 2.43. The number of esters is 1. The van der Waals surface area contributed by atoms with Gasteiger partial charge in [0.1, 0.15) is 17.7 Å². The van der Waals surface area contributed by atoms with Crippen LogP contribution in [0.1, 0.15) is 34.7 Å². The highest BCUT2D eigenvalue weighted by Gasteiger charge is 2.41. The van der Waals surface area contributed by atoms with E-state index in [1.54, 1.807) is 17.0 Å². The fraction of sp³-hybridized carbons (Fsp3) is 0.238. The van der Waals surface area contributed by atoms with E-state index in [4.69, 9.17) is 4.74 Å². The normalized spacial score (nSPS) is 18.0. The Bertz CT molecular complexity index is 1150. The van der Waals surface area contributed by atoms with E-state index in [0.717, 1.165) is 22.2 Å². The summed E-state index contributed by atoms with van der Waals surface area (Å²) in [5.41, 5.74) is 4.06. The average Bonchev–Trinajstić information content (AvgIpc) is 3.03. The summed E-state index contributed by atoms with van der Waals surface area (Å²) in [6.45, 7) is 1.90. The number of nitrogens with one attached hydrogen (secondary N) is 1. The zero-order valence-corrected chi connectivity index (χ0v) is 15.5. The molecule has 0 saturated carbocycles. The van der Waals surface area contributed by atoms with E-state index in [2.05, 4.69) is 4.98 Å². The summed E-state index contributed by atoms with van der Waals surface area (Å²) in [6, 6.07) is 9.81. The van der Waals surface area contributed by atoms with Crippen LogP contribution in [0.4, 0.5) is 10.1 Å². The third-order valence-corrected chi connectivity index (χ3v) is 5.53. The van der Waals surface area contributed by atoms with Crippen LogP contribution in [0, 0.1) is 5.82 Å². The Kier molecular flexibility index (Phi) is 3.49. The second-order valence-electron chi connectivity index (χ2n) is 7.21. The van der Waals surface area contributed by atoms with E-state index in [1.807, 2.05) is 24.1 Å². The SMILES string of the molecule is CC(=O)Oc1ccc2[nH]c3c(c2c1)CCN1C(=O)c2cc(F)ccc2N(C)[C@H]31. The molecule has 2 aliphatic heterocycles. The number of ether oxygens (including phenoxy) is 1. The van der Waals surface area contributed by atoms with Gasteiger partial charge in [-0.05, 0) is 48.4 Å². The van der Waals surface area contributed by atoms with Crippen molar-refractivity contribution >= 4 is 28.5 Å². The first-order valence-electron chi connectivity index (χ1n) is 9.10. The molecule has 0 bridgehead atoms. The fourth-order valence-corrected chi connectivity index (χ4v) is 4.37. The first-order valence-corrected chi connectivity index (χ1v) is 9.10. The van der Waals surface area contributed by atoms with Gasteiger partial charge in [0.15, 0.2) is 0 Å². The van der Waals surface area contributed by atoms with Crippen LogP contribution in [0.5, 0.6) is 5.75 Å². The van der Waals surface area contributed by atoms with Gasteiger partial charge in [-0.2, -0.15) is 0 Å². The van der Waals surface area contributed by atoms with E-state index in [9.17, 15) is 14.0 Å². The first kappa shape index (κ1) is 16.8. The van der Waals surface area contributed by atoms with Crippen molar-refractivity contribution in [1.29, 1.82) is 0 Å². The lowest BCUT2D eigenvalue weighted by Gasteiger charge is -2.46. The number of aromatic amines is 1. The molecule has 1 aromatic heterocycles. The summed E-state index contributed by atoms with van der Waals surface area (Å²) < 4.78 is 18.9. The topological polar surface area (TPSA) is 65.6 Å². The minimum absolute atomic E-state index is 0.164. The molecule has 0 saturated heterocycles. The third kappa shape index (κ3) is 2.32. The lowest BCUT2D eigenvalue weighted by atomic mass is 9.96. The summed E-state index contributed by atoms with van der Waals surface area (Å²) in [5.74, 6) is -0.447. The standard InChI is InChI=1S/C21H18FN3O3/c1-11(26)28-13-4-5-17-15(10-13)14-7-8-25-20(19(14)23-17)24(2)18-6-3-12(22)9-16(18)21(25)27/h3-6,9-10,20,23H,7-8H2,1-2H3/t20-/m0/s1. The van der Waals surface area contributed by atoms with Crippen LogP contribution in [-0.4, -0.2) is 35.4 Å². The summed E-state index contributed by atoms with van der Waals surface area (Å²) in [5, 5.41) is 0.985. The Hall–Kier alpha value is -3.35. The van der Waals surface area contributed by atoms with Crippen LogP contribution in [-0.2, 0) is 11.2 Å². The van der Waals surface area contributed by atoms with Gasteiger partial charge in [-0.3, -0.25) is 9.59 Å². The smallest absolute Gasteiger partial charge is 0.308 e. The number of nitrogens with zero attached hydrogens (tertiary/aromatic N) is 2. The third-order valence-electron chi connectivity index (χ3n) is 5.53. The van der Waals surface area contributed by atoms with Gasteiger partial charge in [0.2, 0.25) is 0 Å². The van der Waals surface area contributed by atoms with Crippen molar-refractivity contribution in [2.45, 2.75) is 19.5 Å². The van der Waals surface area contributed by atoms with E-state index in [1.165, 1.54) is 19.1 Å². The Morgan fingerprint density at radius 3 is 2.86 bits per heavy atom. The highest BCUT2D eigenvalue weighted by molar-refractivity contribution is 6.02. The van der Waals surface area contributed by atoms with Gasteiger partial charge in [0.25, 0.3) is 5.91 Å². The summed E-state index contributed by atoms with van der Waals surface area (Å²) in [7, 11) is 1.91. The van der Waals surface area contributed by atoms with E-state index >= 15 is 0 Å². The second-order valence-corrected chi connectivity index (χ2v) is 7.21. The van der Waals surface area contributed by atoms with Crippen LogP contribution in [0.25, 0.3) is 10.9 Å². The highest BCUT2D eigenvalue weighted by atomic mass is 19.1. The molecule has 142 valence electrons. The minimum atomic E-state index is -0.416. The molecule has 2 aromatic carbocycles. The molecule has 5 rings (SSSR count). The zero-order valence-electron chi connectivity index (χ0n) is 15.5. The molecule has 3 heterocycles. The molecule has 0 radical (unpaired) electrons. The predicted molar refractivity (Wildman–Crippen MR) is 102 cm³/mol. The largest absolute Gasteiger partial charge is 0.427 e. The van der Waals surface area contributed by atoms with Gasteiger partial charge >= 0.3 is 5.97 Å². The number of rotatable bonds is 1. The zero-order chi connectivity index (χ0) is 19.6. The maximum Gasteiger partial charge on any atom is 0.308 e. The van der Waals surface area contributed by atoms with Crippen molar-refractivity contribution in [1.82, 2.24) is 9.88 Å². The molecule has 0 aliphatic carbocycles. The molecule has 1 amide bonds. The Morgan fingerprint density at radius 1 is 1.25 bits per heavy atom. The Balaban J connectivity index is 1.65. The monoisotopic (exact) mass is 379 g/mol. The maximum atomic E-state index is 13.7. The van der Waals surface area contributed by atoms with E-state index in [0.29, 0.717) is 30.0 Å². The van der Waals surface area contributed by atoms with Gasteiger partial charge in [-0.1, -0.05) is 0 Å². The van der Waals surface area contributed by atoms with E-state index < -0.39 is 5.82 Å². The lowest BCUT2D eigenvalue weighted by Crippen LogP contribution is -2.51. The van der Waals surface area contributed by atoms with Gasteiger partial charge in [0.05, 0.1) is 16.9 Å². The van der Waals surface area contributed by atoms with Crippen molar-refractivity contribution in [2.75, 3.05) is 18.5 Å². The number of carbonyl (C=O) groups excluding carboxylic acids is 2. The number of hydrogen-bond acceptors (Lipinski definition) is 4. The molecule has 0 unspecified atom stereocenters. The molecule has 0 fully saturated rings. The quantitative estimate of drug-likeness (QED) is 0.520. The minimum Gasteiger partial charge on any atom is -0.427 e. The van der Waals surface area contributed by atoms with Gasteiger partial charge in [-0.25, -0.2) is 4.39 Å². The molecule has 3 aromatic rings.